The third kappa shape index (κ3) is 4.35. The number of hydrogen-bond donors (Lipinski definition) is 1. The van der Waals surface area contributed by atoms with Gasteiger partial charge in [-0.2, -0.15) is 0 Å². The summed E-state index contributed by atoms with van der Waals surface area (Å²) in [6.07, 6.45) is 1.61. The summed E-state index contributed by atoms with van der Waals surface area (Å²) in [6.45, 7) is 4.60. The average molecular weight is 489 g/mol. The number of nitrogens with one attached hydrogen (secondary N) is 1. The van der Waals surface area contributed by atoms with Gasteiger partial charge in [-0.05, 0) is 41.8 Å². The van der Waals surface area contributed by atoms with Gasteiger partial charge in [0, 0.05) is 37.4 Å². The molecule has 1 saturated heterocycles. The fourth-order valence-electron chi connectivity index (χ4n) is 4.25. The Morgan fingerprint density at radius 2 is 1.97 bits per heavy atom. The highest BCUT2D eigenvalue weighted by molar-refractivity contribution is 6.45. The normalized spacial score (nSPS) is 18.0. The first-order valence-electron chi connectivity index (χ1n) is 11.0. The molecule has 1 N–H and O–H groups in total. The number of benzene rings is 2. The molecule has 1 fully saturated rings. The topological polar surface area (TPSA) is 69.6 Å². The van der Waals surface area contributed by atoms with E-state index >= 15 is 0 Å². The van der Waals surface area contributed by atoms with Crippen LogP contribution in [0.5, 0.6) is 5.75 Å². The molecule has 1 atom stereocenters. The maximum Gasteiger partial charge on any atom is 0.310 e. The predicted molar refractivity (Wildman–Crippen MR) is 129 cm³/mol. The van der Waals surface area contributed by atoms with Gasteiger partial charge in [-0.1, -0.05) is 49.2 Å². The number of ether oxygens (including phenoxy) is 2. The largest absolute Gasteiger partial charge is 0.426 e. The lowest BCUT2D eigenvalue weighted by Gasteiger charge is -2.30. The van der Waals surface area contributed by atoms with Crippen molar-refractivity contribution < 1.29 is 19.1 Å². The summed E-state index contributed by atoms with van der Waals surface area (Å²) in [4.78, 5) is 25.4. The monoisotopic (exact) mass is 488 g/mol. The molecule has 1 aliphatic rings. The Morgan fingerprint density at radius 1 is 1.18 bits per heavy atom. The van der Waals surface area contributed by atoms with Gasteiger partial charge in [-0.15, -0.1) is 0 Å². The molecule has 1 aromatic heterocycles. The Hall–Kier alpha value is -2.54. The van der Waals surface area contributed by atoms with Crippen molar-refractivity contribution >= 4 is 46.0 Å². The number of hydrogen-bond acceptors (Lipinski definition) is 4. The maximum absolute atomic E-state index is 13.4. The fourth-order valence-corrected chi connectivity index (χ4v) is 4.63. The van der Waals surface area contributed by atoms with Crippen molar-refractivity contribution in [1.29, 1.82) is 0 Å². The second-order valence-corrected chi connectivity index (χ2v) is 9.01. The van der Waals surface area contributed by atoms with Gasteiger partial charge in [0.2, 0.25) is 0 Å². The van der Waals surface area contributed by atoms with Gasteiger partial charge in [0.1, 0.15) is 11.4 Å². The summed E-state index contributed by atoms with van der Waals surface area (Å²) in [5.41, 5.74) is 2.30. The van der Waals surface area contributed by atoms with Crippen molar-refractivity contribution in [2.75, 3.05) is 13.2 Å². The van der Waals surface area contributed by atoms with Crippen LogP contribution in [0.3, 0.4) is 0 Å². The Labute approximate surface area is 202 Å². The first kappa shape index (κ1) is 23.6. The lowest BCUT2D eigenvalue weighted by Crippen LogP contribution is -2.47. The van der Waals surface area contributed by atoms with Crippen LogP contribution >= 0.6 is 23.2 Å². The lowest BCUT2D eigenvalue weighted by atomic mass is 9.87. The molecule has 0 saturated carbocycles. The molecule has 4 rings (SSSR count). The average Bonchev–Trinajstić information content (AvgIpc) is 3.42. The van der Waals surface area contributed by atoms with Gasteiger partial charge < -0.3 is 19.4 Å². The number of nitrogens with zero attached hydrogens (tertiary/aromatic N) is 1. The smallest absolute Gasteiger partial charge is 0.310 e. The zero-order valence-electron chi connectivity index (χ0n) is 18.8. The molecular weight excluding hydrogens is 463 g/mol. The molecule has 8 heteroatoms. The van der Waals surface area contributed by atoms with Gasteiger partial charge >= 0.3 is 5.97 Å². The molecule has 2 aromatic carbocycles. The van der Waals surface area contributed by atoms with Crippen LogP contribution in [0, 0.1) is 0 Å². The molecule has 0 aliphatic carbocycles. The van der Waals surface area contributed by atoms with E-state index in [9.17, 15) is 9.59 Å². The molecule has 0 spiro atoms. The Kier molecular flexibility index (Phi) is 6.71. The molecule has 0 radical (unpaired) electrons. The zero-order valence-corrected chi connectivity index (χ0v) is 20.3. The van der Waals surface area contributed by atoms with E-state index in [1.165, 1.54) is 0 Å². The summed E-state index contributed by atoms with van der Waals surface area (Å²) >= 11 is 12.5. The molecule has 1 unspecified atom stereocenters. The van der Waals surface area contributed by atoms with Crippen molar-refractivity contribution in [3.05, 3.63) is 63.3 Å². The summed E-state index contributed by atoms with van der Waals surface area (Å²) < 4.78 is 13.1. The number of esters is 1. The third-order valence-corrected chi connectivity index (χ3v) is 7.05. The molecule has 33 heavy (non-hydrogen) atoms. The molecule has 1 amide bonds. The maximum atomic E-state index is 13.4. The van der Waals surface area contributed by atoms with Crippen LogP contribution in [0.15, 0.2) is 36.4 Å². The van der Waals surface area contributed by atoms with Crippen molar-refractivity contribution in [3.8, 4) is 5.75 Å². The number of amides is 1. The third-order valence-electron chi connectivity index (χ3n) is 6.23. The number of rotatable bonds is 6. The summed E-state index contributed by atoms with van der Waals surface area (Å²) in [7, 11) is 1.82. The van der Waals surface area contributed by atoms with Crippen molar-refractivity contribution in [2.24, 2.45) is 7.05 Å². The second-order valence-electron chi connectivity index (χ2n) is 8.23. The van der Waals surface area contributed by atoms with E-state index in [-0.39, 0.29) is 18.3 Å². The van der Waals surface area contributed by atoms with Gasteiger partial charge in [0.15, 0.2) is 0 Å². The van der Waals surface area contributed by atoms with Crippen LogP contribution < -0.4 is 10.1 Å². The minimum Gasteiger partial charge on any atom is -0.426 e. The van der Waals surface area contributed by atoms with Crippen LogP contribution in [0.1, 0.15) is 48.3 Å². The van der Waals surface area contributed by atoms with Crippen LogP contribution in [0.2, 0.25) is 10.0 Å². The van der Waals surface area contributed by atoms with Crippen LogP contribution in [0.4, 0.5) is 0 Å². The fraction of sp³-hybridized carbons (Fsp3) is 0.360. The molecule has 0 bridgehead atoms. The van der Waals surface area contributed by atoms with E-state index in [2.05, 4.69) is 5.32 Å². The lowest BCUT2D eigenvalue weighted by molar-refractivity contribution is -0.134. The summed E-state index contributed by atoms with van der Waals surface area (Å²) in [5.74, 6) is -0.0277. The number of carbonyl (C=O) groups is 2. The molecular formula is C25H26Cl2N2O4. The minimum absolute atomic E-state index is 0.252. The van der Waals surface area contributed by atoms with Crippen LogP contribution in [-0.4, -0.2) is 29.7 Å². The molecule has 6 nitrogen and oxygen atoms in total. The van der Waals surface area contributed by atoms with Crippen molar-refractivity contribution in [2.45, 2.75) is 38.6 Å². The molecule has 2 heterocycles. The molecule has 174 valence electrons. The Morgan fingerprint density at radius 3 is 2.64 bits per heavy atom. The SMILES string of the molecule is CCC(=O)Oc1cc(C2(NC(=O)c3cc4c(Cl)c(Cl)ccc4n3C)CCOC2)ccc1CC. The second kappa shape index (κ2) is 9.37. The molecule has 3 aromatic rings. The predicted octanol–water partition coefficient (Wildman–Crippen LogP) is 5.41. The number of aryl methyl sites for hydroxylation is 2. The summed E-state index contributed by atoms with van der Waals surface area (Å²) in [5, 5.41) is 4.76. The first-order valence-corrected chi connectivity index (χ1v) is 11.7. The van der Waals surface area contributed by atoms with Crippen LogP contribution in [0.25, 0.3) is 10.9 Å². The summed E-state index contributed by atoms with van der Waals surface area (Å²) in [6, 6.07) is 11.1. The van der Waals surface area contributed by atoms with E-state index in [4.69, 9.17) is 32.7 Å². The molecule has 1 aliphatic heterocycles. The van der Waals surface area contributed by atoms with Gasteiger partial charge in [0.25, 0.3) is 5.91 Å². The number of aromatic nitrogens is 1. The van der Waals surface area contributed by atoms with E-state index in [0.717, 1.165) is 28.5 Å². The standard InChI is InChI=1S/C25H26Cl2N2O4/c1-4-15-6-7-16(12-21(15)33-22(30)5-2)25(10-11-32-14-25)28-24(31)20-13-17-19(29(20)3)9-8-18(26)23(17)27/h6-9,12-13H,4-5,10-11,14H2,1-3H3,(H,28,31). The first-order chi connectivity index (χ1) is 15.8. The van der Waals surface area contributed by atoms with Crippen molar-refractivity contribution in [1.82, 2.24) is 9.88 Å². The number of halogens is 2. The van der Waals surface area contributed by atoms with E-state index in [1.54, 1.807) is 23.6 Å². The number of fused-ring (bicyclic) bond motifs is 1. The van der Waals surface area contributed by atoms with Gasteiger partial charge in [-0.25, -0.2) is 0 Å². The minimum atomic E-state index is -0.741. The Balaban J connectivity index is 1.71. The highest BCUT2D eigenvalue weighted by Crippen LogP contribution is 2.36. The highest BCUT2D eigenvalue weighted by atomic mass is 35.5. The van der Waals surface area contributed by atoms with E-state index in [1.807, 2.05) is 38.2 Å². The quantitative estimate of drug-likeness (QED) is 0.372. The van der Waals surface area contributed by atoms with Crippen LogP contribution in [-0.2, 0) is 28.5 Å². The van der Waals surface area contributed by atoms with Crippen molar-refractivity contribution in [3.63, 3.8) is 0 Å². The number of carbonyl (C=O) groups excluding carboxylic acids is 2. The zero-order chi connectivity index (χ0) is 23.8. The highest BCUT2D eigenvalue weighted by Gasteiger charge is 2.39. The van der Waals surface area contributed by atoms with E-state index < -0.39 is 5.54 Å². The Bertz CT molecular complexity index is 1230. The van der Waals surface area contributed by atoms with Gasteiger partial charge in [0.05, 0.1) is 22.2 Å². The van der Waals surface area contributed by atoms with E-state index in [0.29, 0.717) is 41.1 Å². The van der Waals surface area contributed by atoms with Gasteiger partial charge in [-0.3, -0.25) is 9.59 Å².